The van der Waals surface area contributed by atoms with E-state index >= 15 is 0 Å². The van der Waals surface area contributed by atoms with Crippen molar-refractivity contribution in [2.24, 2.45) is 0 Å². The molecule has 0 atom stereocenters. The zero-order valence-corrected chi connectivity index (χ0v) is 8.22. The predicted molar refractivity (Wildman–Crippen MR) is 56.0 cm³/mol. The maximum atomic E-state index is 3.20. The minimum atomic E-state index is 0.882. The van der Waals surface area contributed by atoms with Gasteiger partial charge < -0.3 is 5.32 Å². The number of hydrogen-bond acceptors (Lipinski definition) is 1. The van der Waals surface area contributed by atoms with Crippen molar-refractivity contribution in [3.63, 3.8) is 0 Å². The average molecular weight is 175 g/mol. The maximum Gasteiger partial charge on any atom is -0.00113 e. The molecule has 1 fully saturated rings. The van der Waals surface area contributed by atoms with Gasteiger partial charge in [-0.15, -0.1) is 0 Å². The fourth-order valence-electron chi connectivity index (χ4n) is 1.81. The molecule has 0 aromatic heterocycles. The summed E-state index contributed by atoms with van der Waals surface area (Å²) in [6.45, 7) is 1.09. The highest BCUT2D eigenvalue weighted by Crippen LogP contribution is 2.41. The smallest absolute Gasteiger partial charge is 0.00113 e. The second kappa shape index (κ2) is 3.93. The average Bonchev–Trinajstić information content (AvgIpc) is 2.98. The Morgan fingerprint density at radius 2 is 2.08 bits per heavy atom. The zero-order valence-electron chi connectivity index (χ0n) is 8.22. The van der Waals surface area contributed by atoms with Crippen LogP contribution in [-0.4, -0.2) is 13.6 Å². The van der Waals surface area contributed by atoms with Crippen LogP contribution in [-0.2, 0) is 6.42 Å². The third-order valence-electron chi connectivity index (χ3n) is 2.72. The van der Waals surface area contributed by atoms with E-state index in [1.54, 1.807) is 11.1 Å². The molecule has 0 amide bonds. The number of hydrogen-bond donors (Lipinski definition) is 1. The van der Waals surface area contributed by atoms with E-state index in [4.69, 9.17) is 0 Å². The van der Waals surface area contributed by atoms with E-state index in [0.717, 1.165) is 12.5 Å². The van der Waals surface area contributed by atoms with E-state index < -0.39 is 0 Å². The van der Waals surface area contributed by atoms with Crippen LogP contribution in [0.4, 0.5) is 0 Å². The molecule has 1 aliphatic rings. The van der Waals surface area contributed by atoms with E-state index in [1.807, 2.05) is 7.05 Å². The van der Waals surface area contributed by atoms with E-state index in [0.29, 0.717) is 0 Å². The van der Waals surface area contributed by atoms with Crippen LogP contribution in [0.25, 0.3) is 0 Å². The Labute approximate surface area is 80.2 Å². The Morgan fingerprint density at radius 3 is 2.77 bits per heavy atom. The molecule has 0 unspecified atom stereocenters. The number of rotatable bonds is 4. The SMILES string of the molecule is CNCCc1ccccc1C1CC1. The summed E-state index contributed by atoms with van der Waals surface area (Å²) in [7, 11) is 2.01. The lowest BCUT2D eigenvalue weighted by atomic mass is 10.0. The van der Waals surface area contributed by atoms with E-state index in [9.17, 15) is 0 Å². The van der Waals surface area contributed by atoms with Crippen molar-refractivity contribution in [1.82, 2.24) is 5.32 Å². The van der Waals surface area contributed by atoms with Gasteiger partial charge >= 0.3 is 0 Å². The largest absolute Gasteiger partial charge is 0.319 e. The molecule has 1 aromatic rings. The molecule has 1 heteroatoms. The molecule has 1 aliphatic carbocycles. The summed E-state index contributed by atoms with van der Waals surface area (Å²) < 4.78 is 0. The van der Waals surface area contributed by atoms with E-state index in [1.165, 1.54) is 19.3 Å². The van der Waals surface area contributed by atoms with Crippen LogP contribution in [0.15, 0.2) is 24.3 Å². The first-order valence-electron chi connectivity index (χ1n) is 5.14. The summed E-state index contributed by atoms with van der Waals surface area (Å²) in [5.41, 5.74) is 3.14. The molecule has 13 heavy (non-hydrogen) atoms. The highest BCUT2D eigenvalue weighted by atomic mass is 14.8. The van der Waals surface area contributed by atoms with Crippen LogP contribution < -0.4 is 5.32 Å². The summed E-state index contributed by atoms with van der Waals surface area (Å²) in [6, 6.07) is 8.88. The van der Waals surface area contributed by atoms with Gasteiger partial charge in [0.25, 0.3) is 0 Å². The van der Waals surface area contributed by atoms with Crippen LogP contribution in [0.1, 0.15) is 29.9 Å². The van der Waals surface area contributed by atoms with Gasteiger partial charge in [-0.1, -0.05) is 24.3 Å². The summed E-state index contributed by atoms with van der Waals surface area (Å²) in [5.74, 6) is 0.882. The minimum absolute atomic E-state index is 0.882. The Morgan fingerprint density at radius 1 is 1.31 bits per heavy atom. The number of nitrogens with one attached hydrogen (secondary N) is 1. The molecule has 0 spiro atoms. The molecule has 1 nitrogen and oxygen atoms in total. The second-order valence-corrected chi connectivity index (χ2v) is 3.83. The molecule has 1 saturated carbocycles. The lowest BCUT2D eigenvalue weighted by Crippen LogP contribution is -2.11. The standard InChI is InChI=1S/C12H17N/c1-13-9-8-10-4-2-3-5-12(10)11-6-7-11/h2-5,11,13H,6-9H2,1H3. The molecule has 0 radical (unpaired) electrons. The molecule has 0 saturated heterocycles. The molecule has 1 N–H and O–H groups in total. The molecule has 0 heterocycles. The highest BCUT2D eigenvalue weighted by molar-refractivity contribution is 5.33. The van der Waals surface area contributed by atoms with Crippen LogP contribution >= 0.6 is 0 Å². The van der Waals surface area contributed by atoms with Gasteiger partial charge in [-0.2, -0.15) is 0 Å². The Balaban J connectivity index is 2.12. The van der Waals surface area contributed by atoms with Gasteiger partial charge in [0.1, 0.15) is 0 Å². The van der Waals surface area contributed by atoms with Crippen molar-refractivity contribution in [2.75, 3.05) is 13.6 Å². The van der Waals surface area contributed by atoms with E-state index in [-0.39, 0.29) is 0 Å². The van der Waals surface area contributed by atoms with Gasteiger partial charge in [0.15, 0.2) is 0 Å². The van der Waals surface area contributed by atoms with Crippen LogP contribution in [0.3, 0.4) is 0 Å². The van der Waals surface area contributed by atoms with Crippen molar-refractivity contribution in [3.05, 3.63) is 35.4 Å². The van der Waals surface area contributed by atoms with Crippen molar-refractivity contribution >= 4 is 0 Å². The van der Waals surface area contributed by atoms with Crippen molar-refractivity contribution in [1.29, 1.82) is 0 Å². The molecule has 2 rings (SSSR count). The summed E-state index contributed by atoms with van der Waals surface area (Å²) in [4.78, 5) is 0. The molecular formula is C12H17N. The molecule has 0 bridgehead atoms. The zero-order chi connectivity index (χ0) is 9.10. The topological polar surface area (TPSA) is 12.0 Å². The van der Waals surface area contributed by atoms with Crippen LogP contribution in [0.2, 0.25) is 0 Å². The highest BCUT2D eigenvalue weighted by Gasteiger charge is 2.25. The number of benzene rings is 1. The first-order valence-corrected chi connectivity index (χ1v) is 5.14. The Kier molecular flexibility index (Phi) is 2.65. The Bertz CT molecular complexity index is 276. The minimum Gasteiger partial charge on any atom is -0.319 e. The third kappa shape index (κ3) is 2.10. The molecule has 0 aliphatic heterocycles. The van der Waals surface area contributed by atoms with Gasteiger partial charge in [-0.25, -0.2) is 0 Å². The lowest BCUT2D eigenvalue weighted by molar-refractivity contribution is 0.784. The van der Waals surface area contributed by atoms with Crippen molar-refractivity contribution in [3.8, 4) is 0 Å². The van der Waals surface area contributed by atoms with Crippen LogP contribution in [0.5, 0.6) is 0 Å². The maximum absolute atomic E-state index is 3.20. The summed E-state index contributed by atoms with van der Waals surface area (Å²) in [5, 5.41) is 3.20. The normalized spacial score (nSPS) is 16.1. The predicted octanol–water partition coefficient (Wildman–Crippen LogP) is 2.33. The first kappa shape index (κ1) is 8.76. The van der Waals surface area contributed by atoms with E-state index in [2.05, 4.69) is 29.6 Å². The van der Waals surface area contributed by atoms with Crippen LogP contribution in [0, 0.1) is 0 Å². The first-order chi connectivity index (χ1) is 6.42. The Hall–Kier alpha value is -0.820. The molecule has 1 aromatic carbocycles. The van der Waals surface area contributed by atoms with Gasteiger partial charge in [-0.05, 0) is 49.9 Å². The van der Waals surface area contributed by atoms with Gasteiger partial charge in [-0.3, -0.25) is 0 Å². The van der Waals surface area contributed by atoms with Crippen molar-refractivity contribution in [2.45, 2.75) is 25.2 Å². The lowest BCUT2D eigenvalue weighted by Gasteiger charge is -2.07. The molecule has 70 valence electrons. The summed E-state index contributed by atoms with van der Waals surface area (Å²) in [6.07, 6.45) is 3.97. The van der Waals surface area contributed by atoms with Gasteiger partial charge in [0, 0.05) is 0 Å². The van der Waals surface area contributed by atoms with Gasteiger partial charge in [0.05, 0.1) is 0 Å². The summed E-state index contributed by atoms with van der Waals surface area (Å²) >= 11 is 0. The number of likely N-dealkylation sites (N-methyl/N-ethyl adjacent to an activating group) is 1. The third-order valence-corrected chi connectivity index (χ3v) is 2.72. The fraction of sp³-hybridized carbons (Fsp3) is 0.500. The monoisotopic (exact) mass is 175 g/mol. The second-order valence-electron chi connectivity index (χ2n) is 3.83. The fourth-order valence-corrected chi connectivity index (χ4v) is 1.81. The van der Waals surface area contributed by atoms with Gasteiger partial charge in [0.2, 0.25) is 0 Å². The molecular weight excluding hydrogens is 158 g/mol. The quantitative estimate of drug-likeness (QED) is 0.740. The van der Waals surface area contributed by atoms with Crippen molar-refractivity contribution < 1.29 is 0 Å².